The van der Waals surface area contributed by atoms with Gasteiger partial charge in [0.15, 0.2) is 0 Å². The lowest BCUT2D eigenvalue weighted by atomic mass is 10.1. The van der Waals surface area contributed by atoms with Crippen LogP contribution in [0.3, 0.4) is 0 Å². The number of fused-ring (bicyclic) bond motifs is 1. The van der Waals surface area contributed by atoms with Gasteiger partial charge in [-0.1, -0.05) is 0 Å². The van der Waals surface area contributed by atoms with Gasteiger partial charge in [0.2, 0.25) is 0 Å². The number of carbonyl (C=O) groups is 1. The lowest BCUT2D eigenvalue weighted by Crippen LogP contribution is -2.35. The maximum Gasteiger partial charge on any atom is 0.423 e. The van der Waals surface area contributed by atoms with Crippen molar-refractivity contribution in [3.05, 3.63) is 41.3 Å². The predicted molar refractivity (Wildman–Crippen MR) is 128 cm³/mol. The van der Waals surface area contributed by atoms with Gasteiger partial charge < -0.3 is 14.2 Å². The van der Waals surface area contributed by atoms with Crippen LogP contribution in [0.1, 0.15) is 37.1 Å². The molecule has 2 N–H and O–H groups in total. The van der Waals surface area contributed by atoms with Gasteiger partial charge in [0, 0.05) is 43.5 Å². The molecule has 11 nitrogen and oxygen atoms in total. The van der Waals surface area contributed by atoms with E-state index in [0.29, 0.717) is 12.8 Å². The van der Waals surface area contributed by atoms with Crippen LogP contribution in [0.15, 0.2) is 24.5 Å². The van der Waals surface area contributed by atoms with Gasteiger partial charge in [0.25, 0.3) is 0 Å². The van der Waals surface area contributed by atoms with Crippen LogP contribution >= 0.6 is 0 Å². The Hall–Kier alpha value is -2.96. The summed E-state index contributed by atoms with van der Waals surface area (Å²) in [6.45, 7) is 8.05. The number of nitrogens with one attached hydrogen (secondary N) is 2. The average molecular weight is 493 g/mol. The third-order valence-corrected chi connectivity index (χ3v) is 6.02. The van der Waals surface area contributed by atoms with Gasteiger partial charge in [0.1, 0.15) is 11.5 Å². The number of hydrogen-bond acceptors (Lipinski definition) is 7. The highest BCUT2D eigenvalue weighted by Gasteiger charge is 2.19. The topological polar surface area (TPSA) is 129 Å². The van der Waals surface area contributed by atoms with Gasteiger partial charge in [0.05, 0.1) is 18.4 Å². The Balaban J connectivity index is 1.56. The molecule has 0 spiro atoms. The Kier molecular flexibility index (Phi) is 8.28. The van der Waals surface area contributed by atoms with Crippen molar-refractivity contribution >= 4 is 27.4 Å². The smallest absolute Gasteiger partial charge is 0.377 e. The maximum absolute atomic E-state index is 11.9. The lowest BCUT2D eigenvalue weighted by Gasteiger charge is -2.11. The van der Waals surface area contributed by atoms with Crippen LogP contribution < -0.4 is 10.0 Å². The second-order valence-electron chi connectivity index (χ2n) is 8.29. The minimum absolute atomic E-state index is 0.0132. The van der Waals surface area contributed by atoms with Crippen molar-refractivity contribution < 1.29 is 22.1 Å². The number of aromatic nitrogens is 4. The third kappa shape index (κ3) is 6.55. The summed E-state index contributed by atoms with van der Waals surface area (Å²) in [6.07, 6.45) is 3.94. The molecule has 0 unspecified atom stereocenters. The highest BCUT2D eigenvalue weighted by molar-refractivity contribution is 7.85. The highest BCUT2D eigenvalue weighted by atomic mass is 32.2. The molecule has 1 amide bonds. The molecule has 0 aromatic carbocycles. The van der Waals surface area contributed by atoms with Crippen molar-refractivity contribution in [1.82, 2.24) is 29.4 Å². The van der Waals surface area contributed by atoms with Crippen LogP contribution in [-0.2, 0) is 32.7 Å². The van der Waals surface area contributed by atoms with Crippen LogP contribution in [0.2, 0.25) is 0 Å². The molecule has 3 rings (SSSR count). The fourth-order valence-electron chi connectivity index (χ4n) is 3.66. The Labute approximate surface area is 199 Å². The van der Waals surface area contributed by atoms with E-state index in [0.717, 1.165) is 33.7 Å². The van der Waals surface area contributed by atoms with Crippen LogP contribution in [-0.4, -0.2) is 59.6 Å². The highest BCUT2D eigenvalue weighted by Crippen LogP contribution is 2.24. The van der Waals surface area contributed by atoms with Gasteiger partial charge >= 0.3 is 16.4 Å². The summed E-state index contributed by atoms with van der Waals surface area (Å²) in [6, 6.07) is 4.10. The molecule has 3 heterocycles. The van der Waals surface area contributed by atoms with E-state index in [-0.39, 0.29) is 25.8 Å². The molecule has 0 aliphatic heterocycles. The molecular weight excluding hydrogens is 460 g/mol. The Morgan fingerprint density at radius 3 is 2.74 bits per heavy atom. The fraction of sp³-hybridized carbons (Fsp3) is 0.500. The van der Waals surface area contributed by atoms with E-state index < -0.39 is 16.4 Å². The van der Waals surface area contributed by atoms with Gasteiger partial charge in [-0.25, -0.2) is 9.78 Å². The first kappa shape index (κ1) is 25.7. The molecule has 12 heteroatoms. The summed E-state index contributed by atoms with van der Waals surface area (Å²) in [5.41, 5.74) is 3.83. The van der Waals surface area contributed by atoms with E-state index in [2.05, 4.69) is 30.4 Å². The molecule has 0 atom stereocenters. The molecule has 3 aromatic rings. The second kappa shape index (κ2) is 11.0. The molecule has 186 valence electrons. The summed E-state index contributed by atoms with van der Waals surface area (Å²) in [7, 11) is -2.32. The third-order valence-electron chi connectivity index (χ3n) is 5.09. The molecule has 0 saturated heterocycles. The summed E-state index contributed by atoms with van der Waals surface area (Å²) < 4.78 is 39.4. The number of pyridine rings is 1. The van der Waals surface area contributed by atoms with Crippen molar-refractivity contribution in [3.63, 3.8) is 0 Å². The molecule has 0 aliphatic rings. The van der Waals surface area contributed by atoms with E-state index in [9.17, 15) is 13.2 Å². The van der Waals surface area contributed by atoms with Crippen LogP contribution in [0, 0.1) is 13.8 Å². The summed E-state index contributed by atoms with van der Waals surface area (Å²) in [5, 5.41) is 8.08. The minimum atomic E-state index is -4.20. The molecule has 0 saturated carbocycles. The normalized spacial score (nSPS) is 11.9. The largest absolute Gasteiger partial charge is 0.423 e. The number of aryl methyl sites for hydroxylation is 3. The molecule has 34 heavy (non-hydrogen) atoms. The summed E-state index contributed by atoms with van der Waals surface area (Å²) >= 11 is 0. The zero-order valence-corrected chi connectivity index (χ0v) is 21.0. The molecule has 0 bridgehead atoms. The van der Waals surface area contributed by atoms with Crippen LogP contribution in [0.4, 0.5) is 4.79 Å². The number of nitrogens with zero attached hydrogens (tertiary/aromatic N) is 4. The van der Waals surface area contributed by atoms with E-state index in [1.54, 1.807) is 0 Å². The van der Waals surface area contributed by atoms with Gasteiger partial charge in [-0.15, -0.1) is 0 Å². The SMILES string of the molecule is Cc1cnc2c(ccn2-c2c(CCCNC(=O)OS(=O)(=O)NCCOC(C)C)c(C)nn2C)c1. The first-order valence-corrected chi connectivity index (χ1v) is 12.5. The minimum Gasteiger partial charge on any atom is -0.377 e. The first-order valence-electron chi connectivity index (χ1n) is 11.1. The summed E-state index contributed by atoms with van der Waals surface area (Å²) in [4.78, 5) is 16.5. The molecule has 0 aliphatic carbocycles. The number of rotatable bonds is 11. The second-order valence-corrected chi connectivity index (χ2v) is 9.66. The zero-order valence-electron chi connectivity index (χ0n) is 20.2. The number of ether oxygens (including phenoxy) is 1. The van der Waals surface area contributed by atoms with E-state index in [4.69, 9.17) is 4.74 Å². The average Bonchev–Trinajstić information content (AvgIpc) is 3.27. The number of hydrogen-bond donors (Lipinski definition) is 2. The molecule has 0 radical (unpaired) electrons. The predicted octanol–water partition coefficient (Wildman–Crippen LogP) is 2.29. The Bertz CT molecular complexity index is 1250. The molecular formula is C22H32N6O5S. The molecule has 0 fully saturated rings. The van der Waals surface area contributed by atoms with Crippen molar-refractivity contribution in [3.8, 4) is 5.82 Å². The van der Waals surface area contributed by atoms with E-state index in [1.165, 1.54) is 0 Å². The standard InChI is InChI=1S/C22H32N6O5S/c1-15(2)32-12-10-25-34(30,31)33-22(29)23-9-6-7-19-17(4)26-27(5)21(19)28-11-8-18-13-16(3)14-24-20(18)28/h8,11,13-15,25H,6-7,9-10,12H2,1-5H3,(H,23,29). The van der Waals surface area contributed by atoms with Crippen LogP contribution in [0.5, 0.6) is 0 Å². The van der Waals surface area contributed by atoms with Crippen molar-refractivity contribution in [1.29, 1.82) is 0 Å². The lowest BCUT2D eigenvalue weighted by molar-refractivity contribution is 0.0829. The van der Waals surface area contributed by atoms with E-state index in [1.807, 2.05) is 62.5 Å². The van der Waals surface area contributed by atoms with E-state index >= 15 is 0 Å². The fourth-order valence-corrected chi connectivity index (χ4v) is 4.31. The first-order chi connectivity index (χ1) is 16.1. The number of carbonyl (C=O) groups excluding carboxylic acids is 1. The quantitative estimate of drug-likeness (QED) is 0.393. The van der Waals surface area contributed by atoms with Crippen molar-refractivity contribution in [2.75, 3.05) is 19.7 Å². The zero-order chi connectivity index (χ0) is 24.9. The maximum atomic E-state index is 11.9. The Morgan fingerprint density at radius 2 is 2.00 bits per heavy atom. The van der Waals surface area contributed by atoms with Crippen LogP contribution in [0.25, 0.3) is 16.9 Å². The monoisotopic (exact) mass is 492 g/mol. The Morgan fingerprint density at radius 1 is 1.24 bits per heavy atom. The van der Waals surface area contributed by atoms with Gasteiger partial charge in [-0.3, -0.25) is 9.25 Å². The van der Waals surface area contributed by atoms with Crippen molar-refractivity contribution in [2.45, 2.75) is 46.6 Å². The summed E-state index contributed by atoms with van der Waals surface area (Å²) in [5.74, 6) is 0.904. The van der Waals surface area contributed by atoms with Crippen molar-refractivity contribution in [2.24, 2.45) is 7.05 Å². The molecule has 3 aromatic heterocycles. The number of amides is 1. The van der Waals surface area contributed by atoms with Gasteiger partial charge in [-0.05, 0) is 58.2 Å². The van der Waals surface area contributed by atoms with Gasteiger partial charge in [-0.2, -0.15) is 18.2 Å².